The van der Waals surface area contributed by atoms with Crippen LogP contribution < -0.4 is 0 Å². The molecule has 0 saturated carbocycles. The quantitative estimate of drug-likeness (QED) is 0.299. The molecule has 0 radical (unpaired) electrons. The van der Waals surface area contributed by atoms with Crippen LogP contribution in [-0.2, 0) is 0 Å². The predicted molar refractivity (Wildman–Crippen MR) is 129 cm³/mol. The van der Waals surface area contributed by atoms with Gasteiger partial charge in [0.2, 0.25) is 0 Å². The number of thiophene rings is 1. The fraction of sp³-hybridized carbons (Fsp3) is 0.0769. The number of benzene rings is 1. The van der Waals surface area contributed by atoms with Crippen LogP contribution >= 0.6 is 11.3 Å². The molecule has 7 heteroatoms. The van der Waals surface area contributed by atoms with E-state index in [0.29, 0.717) is 22.5 Å². The molecule has 8 bridgehead atoms. The maximum absolute atomic E-state index is 13.6. The molecular weight excluding hydrogens is 437 g/mol. The minimum absolute atomic E-state index is 0.347. The molecule has 0 fully saturated rings. The van der Waals surface area contributed by atoms with Crippen LogP contribution in [0.5, 0.6) is 0 Å². The lowest BCUT2D eigenvalue weighted by atomic mass is 10.0. The van der Waals surface area contributed by atoms with Crippen molar-refractivity contribution in [1.82, 2.24) is 15.0 Å². The number of aromatic amines is 1. The number of hydrogen-bond donors (Lipinski definition) is 3. The molecule has 0 amide bonds. The Morgan fingerprint density at radius 1 is 0.788 bits per heavy atom. The van der Waals surface area contributed by atoms with Gasteiger partial charge in [0, 0.05) is 26.0 Å². The maximum Gasteiger partial charge on any atom is 0.128 e. The van der Waals surface area contributed by atoms with Gasteiger partial charge in [-0.25, -0.2) is 9.37 Å². The Morgan fingerprint density at radius 2 is 1.52 bits per heavy atom. The van der Waals surface area contributed by atoms with Gasteiger partial charge in [-0.3, -0.25) is 4.98 Å². The van der Waals surface area contributed by atoms with Crippen molar-refractivity contribution in [1.29, 1.82) is 0 Å². The Labute approximate surface area is 192 Å². The first-order valence-corrected chi connectivity index (χ1v) is 11.3. The van der Waals surface area contributed by atoms with E-state index in [1.165, 1.54) is 23.5 Å². The van der Waals surface area contributed by atoms with Crippen molar-refractivity contribution >= 4 is 43.9 Å². The summed E-state index contributed by atoms with van der Waals surface area (Å²) in [6, 6.07) is 19.5. The molecule has 2 aliphatic heterocycles. The topological polar surface area (TPSA) is 82.0 Å². The minimum atomic E-state index is -1.21. The standard InChI is InChI=1S/C26H18FN3O2S/c27-15-3-1-14(2-4-15)23-22-10-9-20(33-22)12-18-7-5-16(28-18)11-17-6-8-19(29-17)13-21-25(31)26(32)24(23)30-21/h1-13,25-26,29,31-32H. The molecule has 3 aromatic heterocycles. The lowest BCUT2D eigenvalue weighted by Crippen LogP contribution is -2.04. The summed E-state index contributed by atoms with van der Waals surface area (Å²) in [5.74, 6) is -0.347. The van der Waals surface area contributed by atoms with E-state index in [-0.39, 0.29) is 5.82 Å². The molecule has 33 heavy (non-hydrogen) atoms. The molecule has 162 valence electrons. The third kappa shape index (κ3) is 3.66. The van der Waals surface area contributed by atoms with Crippen molar-refractivity contribution in [3.05, 3.63) is 95.3 Å². The molecule has 4 aromatic rings. The van der Waals surface area contributed by atoms with E-state index in [0.717, 1.165) is 31.8 Å². The van der Waals surface area contributed by atoms with Crippen molar-refractivity contribution in [2.45, 2.75) is 12.2 Å². The molecule has 1 aromatic carbocycles. The van der Waals surface area contributed by atoms with Gasteiger partial charge in [0.1, 0.15) is 18.0 Å². The van der Waals surface area contributed by atoms with Gasteiger partial charge in [-0.05, 0) is 72.3 Å². The smallest absolute Gasteiger partial charge is 0.128 e. The number of hydrogen-bond acceptors (Lipinski definition) is 5. The number of nitrogens with zero attached hydrogens (tertiary/aromatic N) is 2. The van der Waals surface area contributed by atoms with E-state index in [1.54, 1.807) is 18.2 Å². The van der Waals surface area contributed by atoms with Crippen molar-refractivity contribution in [3.8, 4) is 11.1 Å². The third-order valence-electron chi connectivity index (χ3n) is 5.71. The molecule has 3 N–H and O–H groups in total. The number of fused-ring (bicyclic) bond motifs is 8. The lowest BCUT2D eigenvalue weighted by molar-refractivity contribution is 0.0257. The Kier molecular flexibility index (Phi) is 4.69. The summed E-state index contributed by atoms with van der Waals surface area (Å²) in [6.45, 7) is 0. The number of rotatable bonds is 1. The van der Waals surface area contributed by atoms with Crippen molar-refractivity contribution < 1.29 is 14.6 Å². The highest BCUT2D eigenvalue weighted by Crippen LogP contribution is 2.41. The molecule has 0 saturated heterocycles. The normalized spacial score (nSPS) is 17.4. The molecule has 5 nitrogen and oxygen atoms in total. The Hall–Kier alpha value is -3.65. The summed E-state index contributed by atoms with van der Waals surface area (Å²) >= 11 is 1.52. The second-order valence-corrected chi connectivity index (χ2v) is 9.11. The minimum Gasteiger partial charge on any atom is -0.384 e. The van der Waals surface area contributed by atoms with Crippen molar-refractivity contribution in [2.24, 2.45) is 0 Å². The average molecular weight is 456 g/mol. The fourth-order valence-electron chi connectivity index (χ4n) is 4.12. The number of nitrogens with one attached hydrogen (secondary N) is 1. The number of aliphatic hydroxyl groups is 2. The van der Waals surface area contributed by atoms with Crippen LogP contribution in [0.25, 0.3) is 43.7 Å². The fourth-order valence-corrected chi connectivity index (χ4v) is 5.15. The van der Waals surface area contributed by atoms with Crippen LogP contribution in [0.4, 0.5) is 4.39 Å². The van der Waals surface area contributed by atoms with Gasteiger partial charge in [-0.1, -0.05) is 12.1 Å². The van der Waals surface area contributed by atoms with Gasteiger partial charge in [-0.2, -0.15) is 0 Å². The van der Waals surface area contributed by atoms with Crippen LogP contribution in [0.15, 0.2) is 66.7 Å². The number of halogens is 1. The lowest BCUT2D eigenvalue weighted by Gasteiger charge is -2.11. The van der Waals surface area contributed by atoms with Crippen molar-refractivity contribution in [3.63, 3.8) is 0 Å². The Bertz CT molecular complexity index is 1570. The van der Waals surface area contributed by atoms with E-state index < -0.39 is 12.2 Å². The van der Waals surface area contributed by atoms with E-state index in [1.807, 2.05) is 48.6 Å². The number of aromatic nitrogens is 3. The maximum atomic E-state index is 13.6. The van der Waals surface area contributed by atoms with E-state index >= 15 is 0 Å². The molecular formula is C26H18FN3O2S. The second kappa shape index (κ2) is 7.74. The van der Waals surface area contributed by atoms with E-state index in [9.17, 15) is 14.6 Å². The first kappa shape index (κ1) is 20.0. The SMILES string of the molecule is OC1c2cc3ccc(cc4nc(cc5ccc(s5)c(-c5ccc(F)cc5)c(n2)C1O)C=C4)[nH]3. The Morgan fingerprint density at radius 3 is 2.30 bits per heavy atom. The van der Waals surface area contributed by atoms with Gasteiger partial charge in [0.15, 0.2) is 0 Å². The summed E-state index contributed by atoms with van der Waals surface area (Å²) in [4.78, 5) is 12.6. The van der Waals surface area contributed by atoms with Gasteiger partial charge in [0.05, 0.1) is 22.8 Å². The largest absolute Gasteiger partial charge is 0.384 e. The first-order valence-electron chi connectivity index (χ1n) is 10.5. The van der Waals surface area contributed by atoms with Gasteiger partial charge in [-0.15, -0.1) is 11.3 Å². The molecule has 0 spiro atoms. The zero-order chi connectivity index (χ0) is 22.5. The molecule has 6 rings (SSSR count). The number of H-pyrrole nitrogens is 1. The summed E-state index contributed by atoms with van der Waals surface area (Å²) in [5.41, 5.74) is 5.38. The van der Waals surface area contributed by atoms with Gasteiger partial charge >= 0.3 is 0 Å². The molecule has 2 atom stereocenters. The summed E-state index contributed by atoms with van der Waals surface area (Å²) in [6.07, 6.45) is 1.54. The zero-order valence-corrected chi connectivity index (χ0v) is 18.1. The monoisotopic (exact) mass is 455 g/mol. The van der Waals surface area contributed by atoms with Gasteiger partial charge in [0.25, 0.3) is 0 Å². The highest BCUT2D eigenvalue weighted by molar-refractivity contribution is 7.23. The molecule has 2 unspecified atom stereocenters. The summed E-state index contributed by atoms with van der Waals surface area (Å²) in [5, 5.41) is 21.7. The first-order chi connectivity index (χ1) is 16.0. The zero-order valence-electron chi connectivity index (χ0n) is 17.2. The molecule has 2 aliphatic rings. The predicted octanol–water partition coefficient (Wildman–Crippen LogP) is 5.79. The molecule has 0 aliphatic carbocycles. The summed E-state index contributed by atoms with van der Waals surface area (Å²) < 4.78 is 15.5. The summed E-state index contributed by atoms with van der Waals surface area (Å²) in [7, 11) is 0. The van der Waals surface area contributed by atoms with Crippen molar-refractivity contribution in [2.75, 3.05) is 0 Å². The van der Waals surface area contributed by atoms with Crippen LogP contribution in [0.3, 0.4) is 0 Å². The van der Waals surface area contributed by atoms with Crippen LogP contribution in [0.1, 0.15) is 35.0 Å². The van der Waals surface area contributed by atoms with E-state index in [2.05, 4.69) is 15.0 Å². The van der Waals surface area contributed by atoms with Crippen LogP contribution in [0, 0.1) is 5.82 Å². The molecule has 5 heterocycles. The number of aliphatic hydroxyl groups excluding tert-OH is 2. The highest BCUT2D eigenvalue weighted by atomic mass is 32.1. The highest BCUT2D eigenvalue weighted by Gasteiger charge is 2.31. The van der Waals surface area contributed by atoms with Gasteiger partial charge < -0.3 is 15.2 Å². The van der Waals surface area contributed by atoms with E-state index in [4.69, 9.17) is 0 Å². The van der Waals surface area contributed by atoms with Crippen LogP contribution in [-0.4, -0.2) is 25.2 Å². The average Bonchev–Trinajstić information content (AvgIpc) is 3.58. The third-order valence-corrected chi connectivity index (χ3v) is 6.75. The second-order valence-electron chi connectivity index (χ2n) is 7.99. The van der Waals surface area contributed by atoms with Crippen LogP contribution in [0.2, 0.25) is 0 Å². The Balaban J connectivity index is 1.74.